The molecule has 23 nitrogen and oxygen atoms in total. The molecular weight excluding hydrogens is 1250 g/mol. The first-order valence-electron chi connectivity index (χ1n) is 33.4. The number of methoxy groups -OCH3 is 4. The number of para-hydroxylation sites is 1. The Hall–Kier alpha value is -9.30. The molecule has 0 aliphatic carbocycles. The van der Waals surface area contributed by atoms with Crippen molar-refractivity contribution in [2.45, 2.75) is 88.9 Å². The van der Waals surface area contributed by atoms with Crippen LogP contribution in [0.15, 0.2) is 115 Å². The van der Waals surface area contributed by atoms with Crippen LogP contribution in [-0.4, -0.2) is 191 Å². The first kappa shape index (κ1) is 73.9. The maximum absolute atomic E-state index is 12.3. The van der Waals surface area contributed by atoms with E-state index in [1.54, 1.807) is 42.8 Å². The van der Waals surface area contributed by atoms with Gasteiger partial charge in [0.1, 0.15) is 38.6 Å². The molecule has 0 radical (unpaired) electrons. The zero-order valence-corrected chi connectivity index (χ0v) is 59.7. The Balaban J connectivity index is 0.000000145. The zero-order chi connectivity index (χ0) is 70.5. The Labute approximate surface area is 578 Å². The first-order chi connectivity index (χ1) is 48.0. The average Bonchev–Trinajstić information content (AvgIpc) is 1.42. The third-order valence-corrected chi connectivity index (χ3v) is 17.2. The van der Waals surface area contributed by atoms with Crippen LogP contribution in [0.1, 0.15) is 76.4 Å². The summed E-state index contributed by atoms with van der Waals surface area (Å²) in [5.41, 5.74) is 21.1. The average molecular weight is 1350 g/mol. The molecule has 1 aliphatic rings. The number of nitrogens with zero attached hydrogens (tertiary/aromatic N) is 13. The smallest absolute Gasteiger partial charge is 0.261 e. The highest BCUT2D eigenvalue weighted by Gasteiger charge is 2.37. The number of carbonyl (C=O) groups is 2. The van der Waals surface area contributed by atoms with Gasteiger partial charge >= 0.3 is 0 Å². The van der Waals surface area contributed by atoms with Crippen molar-refractivity contribution in [3.8, 4) is 5.69 Å². The summed E-state index contributed by atoms with van der Waals surface area (Å²) in [5, 5.41) is 41.0. The molecule has 99 heavy (non-hydrogen) atoms. The number of imide groups is 1. The van der Waals surface area contributed by atoms with Crippen LogP contribution in [0, 0.1) is 69.2 Å². The molecule has 13 rings (SSSR count). The van der Waals surface area contributed by atoms with Crippen molar-refractivity contribution in [3.63, 3.8) is 0 Å². The standard InChI is InChI=1S/2C17H21N3O2.C15H19NO4.C14H13N3.C13H19N3O2/c1-12-14-6-4-5-7-15(14)13(2)17-16(12)18-19-20(17)8-9-22-11-10-21-3;1-12-14-6-4-5-7-15(14)13(2)17-16(12)18-20(19-17)8-9-22-11-10-21-3;1-10-4-5-11(2)13-12(10)14(17)16(15(13)18)6-7-20-9-8-19-3;1-10-8-9-11(2)14-13(10)15-17(16-14)12-6-4-3-5-7-12;1-10-4-5-11(2)13-12(10)14-16(15-13)6-7-18-9-8-17-3/h2*4-7H,8-11H2,1-3H3;4-5H,6-9H2,1-3H3;3-9H,1-2H3;4-5H,6-9H2,1-3H3. The van der Waals surface area contributed by atoms with E-state index in [1.807, 2.05) is 61.0 Å². The van der Waals surface area contributed by atoms with E-state index in [1.165, 1.54) is 48.7 Å². The van der Waals surface area contributed by atoms with E-state index in [-0.39, 0.29) is 18.4 Å². The molecule has 0 saturated heterocycles. The van der Waals surface area contributed by atoms with Crippen molar-refractivity contribution in [2.75, 3.05) is 114 Å². The second-order valence-electron chi connectivity index (χ2n) is 24.1. The Morgan fingerprint density at radius 3 is 1.06 bits per heavy atom. The van der Waals surface area contributed by atoms with Gasteiger partial charge < -0.3 is 37.9 Å². The van der Waals surface area contributed by atoms with Gasteiger partial charge in [0.15, 0.2) is 0 Å². The molecule has 12 aromatic rings. The number of ether oxygens (including phenoxy) is 8. The van der Waals surface area contributed by atoms with Crippen molar-refractivity contribution >= 4 is 77.5 Å². The number of aromatic nitrogens is 12. The third kappa shape index (κ3) is 18.0. The van der Waals surface area contributed by atoms with Crippen LogP contribution in [0.25, 0.3) is 71.4 Å². The number of carbonyl (C=O) groups excluding carboxylic acids is 2. The van der Waals surface area contributed by atoms with Crippen molar-refractivity contribution in [3.05, 3.63) is 182 Å². The lowest BCUT2D eigenvalue weighted by molar-refractivity contribution is 0.0459. The van der Waals surface area contributed by atoms with Crippen LogP contribution >= 0.6 is 0 Å². The van der Waals surface area contributed by atoms with Crippen molar-refractivity contribution in [1.82, 2.24) is 64.9 Å². The highest BCUT2D eigenvalue weighted by molar-refractivity contribution is 6.22. The predicted octanol–water partition coefficient (Wildman–Crippen LogP) is 12.0. The van der Waals surface area contributed by atoms with Crippen LogP contribution in [0.3, 0.4) is 0 Å². The minimum absolute atomic E-state index is 0.221. The molecule has 0 spiro atoms. The third-order valence-electron chi connectivity index (χ3n) is 17.2. The number of benzene rings is 8. The Morgan fingerprint density at radius 2 is 0.657 bits per heavy atom. The second-order valence-corrected chi connectivity index (χ2v) is 24.1. The lowest BCUT2D eigenvalue weighted by Crippen LogP contribution is -2.33. The molecule has 0 saturated carbocycles. The van der Waals surface area contributed by atoms with Crippen LogP contribution in [0.4, 0.5) is 0 Å². The Morgan fingerprint density at radius 1 is 0.323 bits per heavy atom. The molecule has 5 heterocycles. The van der Waals surface area contributed by atoms with Crippen LogP contribution < -0.4 is 0 Å². The fourth-order valence-electron chi connectivity index (χ4n) is 11.6. The van der Waals surface area contributed by atoms with Gasteiger partial charge in [0.25, 0.3) is 11.8 Å². The van der Waals surface area contributed by atoms with Gasteiger partial charge in [0.05, 0.1) is 128 Å². The summed E-state index contributed by atoms with van der Waals surface area (Å²) in [4.78, 5) is 31.0. The summed E-state index contributed by atoms with van der Waals surface area (Å²) < 4.78 is 43.4. The summed E-state index contributed by atoms with van der Waals surface area (Å²) in [7, 11) is 6.60. The van der Waals surface area contributed by atoms with E-state index in [0.717, 1.165) is 83.2 Å². The van der Waals surface area contributed by atoms with Gasteiger partial charge in [-0.25, -0.2) is 4.68 Å². The lowest BCUT2D eigenvalue weighted by atomic mass is 9.99. The molecule has 23 heteroatoms. The number of amides is 2. The van der Waals surface area contributed by atoms with Gasteiger partial charge in [0.2, 0.25) is 0 Å². The van der Waals surface area contributed by atoms with Crippen LogP contribution in [0.5, 0.6) is 0 Å². The summed E-state index contributed by atoms with van der Waals surface area (Å²) in [6, 6.07) is 38.9. The molecule has 0 unspecified atom stereocenters. The molecule has 0 fully saturated rings. The fourth-order valence-corrected chi connectivity index (χ4v) is 11.6. The molecule has 522 valence electrons. The van der Waals surface area contributed by atoms with Gasteiger partial charge in [-0.2, -0.15) is 34.8 Å². The topological polar surface area (TPSA) is 234 Å². The lowest BCUT2D eigenvalue weighted by Gasteiger charge is -2.13. The summed E-state index contributed by atoms with van der Waals surface area (Å²) in [6.07, 6.45) is 0. The van der Waals surface area contributed by atoms with Crippen molar-refractivity contribution < 1.29 is 47.5 Å². The molecule has 8 aromatic carbocycles. The molecule has 1 aliphatic heterocycles. The zero-order valence-electron chi connectivity index (χ0n) is 59.7. The van der Waals surface area contributed by atoms with Gasteiger partial charge in [-0.05, 0) is 159 Å². The molecule has 0 atom stereocenters. The number of aryl methyl sites for hydroxylation is 10. The van der Waals surface area contributed by atoms with Crippen LogP contribution in [-0.2, 0) is 57.5 Å². The van der Waals surface area contributed by atoms with Gasteiger partial charge in [-0.15, -0.1) is 15.3 Å². The normalized spacial score (nSPS) is 11.9. The highest BCUT2D eigenvalue weighted by Crippen LogP contribution is 2.33. The molecular formula is C76H93N13O10. The van der Waals surface area contributed by atoms with E-state index in [0.29, 0.717) is 110 Å². The number of hydrogen-bond acceptors (Lipinski definition) is 18. The van der Waals surface area contributed by atoms with Gasteiger partial charge in [0, 0.05) is 28.4 Å². The fraction of sp³-hybridized carbons (Fsp3) is 0.395. The second kappa shape index (κ2) is 36.0. The number of fused-ring (bicyclic) bond motifs is 7. The number of rotatable bonds is 25. The maximum atomic E-state index is 12.3. The van der Waals surface area contributed by atoms with Crippen LogP contribution in [0.2, 0.25) is 0 Å². The maximum Gasteiger partial charge on any atom is 0.261 e. The van der Waals surface area contributed by atoms with Crippen molar-refractivity contribution in [2.24, 2.45) is 0 Å². The van der Waals surface area contributed by atoms with E-state index < -0.39 is 0 Å². The molecule has 4 aromatic heterocycles. The number of hydrogen-bond donors (Lipinski definition) is 0. The summed E-state index contributed by atoms with van der Waals surface area (Å²) >= 11 is 0. The van der Waals surface area contributed by atoms with Crippen molar-refractivity contribution in [1.29, 1.82) is 0 Å². The van der Waals surface area contributed by atoms with Gasteiger partial charge in [-0.3, -0.25) is 14.5 Å². The Bertz CT molecular complexity index is 4470. The van der Waals surface area contributed by atoms with E-state index in [9.17, 15) is 9.59 Å². The minimum Gasteiger partial charge on any atom is -0.382 e. The predicted molar refractivity (Wildman–Crippen MR) is 386 cm³/mol. The summed E-state index contributed by atoms with van der Waals surface area (Å²) in [6.45, 7) is 29.4. The molecule has 0 N–H and O–H groups in total. The molecule has 2 amide bonds. The van der Waals surface area contributed by atoms with E-state index >= 15 is 0 Å². The largest absolute Gasteiger partial charge is 0.382 e. The summed E-state index contributed by atoms with van der Waals surface area (Å²) in [5.74, 6) is -0.442. The monoisotopic (exact) mass is 1350 g/mol. The first-order valence-corrected chi connectivity index (χ1v) is 33.4. The quantitative estimate of drug-likeness (QED) is 0.0382. The van der Waals surface area contributed by atoms with Gasteiger partial charge in [-0.1, -0.05) is 108 Å². The Kier molecular flexibility index (Phi) is 26.9. The minimum atomic E-state index is -0.221. The van der Waals surface area contributed by atoms with E-state index in [4.69, 9.17) is 37.9 Å². The van der Waals surface area contributed by atoms with E-state index in [2.05, 4.69) is 169 Å². The highest BCUT2D eigenvalue weighted by atomic mass is 16.5. The molecule has 0 bridgehead atoms. The SMILES string of the molecule is COCCOCCN1C(=O)c2c(C)ccc(C)c2C1=O.COCCOCCn1nc2c(C)c3ccccc3c(C)c2n1.COCCOCCn1nc2c(C)ccc(C)c2n1.COCCOCCn1nnc2c(C)c3ccccc3c(C)c21.Cc1ccc(C)c2nn(-c3ccccc3)nc12.